The molecule has 0 spiro atoms. The van der Waals surface area contributed by atoms with Crippen molar-refractivity contribution in [3.8, 4) is 17.2 Å². The molecule has 0 radical (unpaired) electrons. The lowest BCUT2D eigenvalue weighted by molar-refractivity contribution is -0.132. The van der Waals surface area contributed by atoms with E-state index in [4.69, 9.17) is 14.2 Å². The minimum absolute atomic E-state index is 0.0750. The molecule has 3 aromatic rings. The number of ether oxygens (including phenoxy) is 3. The molecule has 1 saturated heterocycles. The Morgan fingerprint density at radius 3 is 2.47 bits per heavy atom. The average Bonchev–Trinajstić information content (AvgIpc) is 3.41. The van der Waals surface area contributed by atoms with Crippen molar-refractivity contribution in [1.82, 2.24) is 4.98 Å². The molecule has 2 heterocycles. The van der Waals surface area contributed by atoms with E-state index in [1.807, 2.05) is 0 Å². The van der Waals surface area contributed by atoms with Gasteiger partial charge in [-0.15, -0.1) is 0 Å². The summed E-state index contributed by atoms with van der Waals surface area (Å²) in [6, 6.07) is 8.14. The second kappa shape index (κ2) is 10.5. The van der Waals surface area contributed by atoms with Gasteiger partial charge >= 0.3 is 11.9 Å². The van der Waals surface area contributed by atoms with E-state index < -0.39 is 29.5 Å². The minimum atomic E-state index is -1.13. The van der Waals surface area contributed by atoms with Crippen LogP contribution in [0.25, 0.3) is 5.76 Å². The predicted molar refractivity (Wildman–Crippen MR) is 140 cm³/mol. The summed E-state index contributed by atoms with van der Waals surface area (Å²) >= 11 is 0.894. The second-order valence-corrected chi connectivity index (χ2v) is 9.39. The number of hydrogen-bond donors (Lipinski definition) is 2. The first-order chi connectivity index (χ1) is 18.1. The van der Waals surface area contributed by atoms with Crippen LogP contribution in [-0.4, -0.2) is 53.7 Å². The van der Waals surface area contributed by atoms with Gasteiger partial charge in [0.1, 0.15) is 16.4 Å². The molecule has 1 aliphatic heterocycles. The van der Waals surface area contributed by atoms with Crippen LogP contribution >= 0.6 is 11.3 Å². The Balaban J connectivity index is 1.96. The zero-order valence-corrected chi connectivity index (χ0v) is 22.2. The monoisotopic (exact) mass is 538 g/mol. The van der Waals surface area contributed by atoms with Crippen molar-refractivity contribution >= 4 is 39.9 Å². The number of carbonyl (C=O) groups excluding carboxylic acids is 3. The number of methoxy groups -OCH3 is 2. The van der Waals surface area contributed by atoms with Crippen molar-refractivity contribution < 1.29 is 38.8 Å². The summed E-state index contributed by atoms with van der Waals surface area (Å²) in [5.41, 5.74) is 1.54. The van der Waals surface area contributed by atoms with E-state index in [1.54, 1.807) is 39.0 Å². The molecule has 2 aromatic carbocycles. The number of Topliss-reactive ketones (excluding diaryl/α,β-unsaturated/α-hetero) is 1. The van der Waals surface area contributed by atoms with E-state index >= 15 is 0 Å². The van der Waals surface area contributed by atoms with Gasteiger partial charge in [-0.2, -0.15) is 0 Å². The van der Waals surface area contributed by atoms with Crippen molar-refractivity contribution in [3.63, 3.8) is 0 Å². The van der Waals surface area contributed by atoms with Gasteiger partial charge in [0, 0.05) is 5.56 Å². The summed E-state index contributed by atoms with van der Waals surface area (Å²) in [5.74, 6) is -2.28. The zero-order valence-electron chi connectivity index (χ0n) is 21.4. The van der Waals surface area contributed by atoms with Crippen molar-refractivity contribution in [1.29, 1.82) is 0 Å². The first-order valence-electron chi connectivity index (χ1n) is 11.6. The van der Waals surface area contributed by atoms with E-state index in [2.05, 4.69) is 4.98 Å². The maximum Gasteiger partial charge on any atom is 0.350 e. The van der Waals surface area contributed by atoms with Gasteiger partial charge in [0.2, 0.25) is 0 Å². The normalized spacial score (nSPS) is 16.6. The van der Waals surface area contributed by atoms with Crippen LogP contribution in [0.3, 0.4) is 0 Å². The Hall–Kier alpha value is -4.38. The first kappa shape index (κ1) is 26.7. The number of amides is 1. The number of aromatic nitrogens is 1. The number of ketones is 1. The molecular formula is C27H26N2O8S. The number of aryl methyl sites for hydroxylation is 2. The molecule has 1 amide bonds. The highest BCUT2D eigenvalue weighted by Gasteiger charge is 2.48. The number of hydrogen-bond acceptors (Lipinski definition) is 10. The Morgan fingerprint density at radius 1 is 1.11 bits per heavy atom. The summed E-state index contributed by atoms with van der Waals surface area (Å²) in [6.45, 7) is 5.38. The summed E-state index contributed by atoms with van der Waals surface area (Å²) in [5, 5.41) is 21.7. The van der Waals surface area contributed by atoms with Gasteiger partial charge < -0.3 is 24.4 Å². The lowest BCUT2D eigenvalue weighted by Crippen LogP contribution is -2.29. The van der Waals surface area contributed by atoms with Gasteiger partial charge in [0.15, 0.2) is 16.6 Å². The third kappa shape index (κ3) is 4.56. The maximum atomic E-state index is 13.4. The number of thiazole rings is 1. The molecule has 2 N–H and O–H groups in total. The van der Waals surface area contributed by atoms with E-state index in [0.29, 0.717) is 28.1 Å². The second-order valence-electron chi connectivity index (χ2n) is 8.42. The van der Waals surface area contributed by atoms with Gasteiger partial charge in [0.05, 0.1) is 38.1 Å². The van der Waals surface area contributed by atoms with Crippen molar-refractivity contribution in [3.05, 3.63) is 69.2 Å². The standard InChI is InChI=1S/C27H26N2O8S/c1-6-37-19-12-15(7-9-17(19)30)21-20(22(31)16-8-10-18(35-4)13(2)11-16)23(32)25(33)29(21)27-28-14(3)24(38-27)26(34)36-5/h7-12,21,30-31H,6H2,1-5H3. The highest BCUT2D eigenvalue weighted by atomic mass is 32.1. The molecule has 1 unspecified atom stereocenters. The van der Waals surface area contributed by atoms with E-state index in [1.165, 1.54) is 32.4 Å². The van der Waals surface area contributed by atoms with Crippen LogP contribution in [0, 0.1) is 13.8 Å². The summed E-state index contributed by atoms with van der Waals surface area (Å²) in [4.78, 5) is 44.8. The number of carbonyl (C=O) groups is 3. The van der Waals surface area contributed by atoms with Crippen LogP contribution in [0.5, 0.6) is 17.2 Å². The molecule has 0 saturated carbocycles. The summed E-state index contributed by atoms with van der Waals surface area (Å²) < 4.78 is 15.6. The van der Waals surface area contributed by atoms with Gasteiger partial charge in [-0.1, -0.05) is 17.4 Å². The Labute approximate surface area is 222 Å². The predicted octanol–water partition coefficient (Wildman–Crippen LogP) is 4.29. The highest BCUT2D eigenvalue weighted by Crippen LogP contribution is 2.45. The third-order valence-electron chi connectivity index (χ3n) is 6.07. The average molecular weight is 539 g/mol. The van der Waals surface area contributed by atoms with Crippen LogP contribution in [0.1, 0.15) is 45.0 Å². The fourth-order valence-corrected chi connectivity index (χ4v) is 5.28. The van der Waals surface area contributed by atoms with E-state index in [0.717, 1.165) is 16.2 Å². The Bertz CT molecular complexity index is 1480. The van der Waals surface area contributed by atoms with Crippen molar-refractivity contribution in [2.45, 2.75) is 26.8 Å². The molecule has 0 aliphatic carbocycles. The Kier molecular flexibility index (Phi) is 7.40. The van der Waals surface area contributed by atoms with Crippen LogP contribution in [0.4, 0.5) is 5.13 Å². The number of benzene rings is 2. The van der Waals surface area contributed by atoms with Crippen LogP contribution in [0.2, 0.25) is 0 Å². The van der Waals surface area contributed by atoms with Crippen molar-refractivity contribution in [2.75, 3.05) is 25.7 Å². The molecule has 1 aromatic heterocycles. The fourth-order valence-electron chi connectivity index (χ4n) is 4.27. The molecule has 11 heteroatoms. The molecule has 198 valence electrons. The number of aliphatic hydroxyl groups is 1. The molecule has 4 rings (SSSR count). The largest absolute Gasteiger partial charge is 0.507 e. The molecule has 38 heavy (non-hydrogen) atoms. The van der Waals surface area contributed by atoms with Gasteiger partial charge in [0.25, 0.3) is 5.78 Å². The van der Waals surface area contributed by atoms with Crippen LogP contribution in [-0.2, 0) is 14.3 Å². The summed E-state index contributed by atoms with van der Waals surface area (Å²) in [6.07, 6.45) is 0. The smallest absolute Gasteiger partial charge is 0.350 e. The number of phenolic OH excluding ortho intramolecular Hbond substituents is 1. The lowest BCUT2D eigenvalue weighted by Gasteiger charge is -2.23. The third-order valence-corrected chi connectivity index (χ3v) is 7.21. The van der Waals surface area contributed by atoms with Crippen molar-refractivity contribution in [2.24, 2.45) is 0 Å². The number of rotatable bonds is 7. The van der Waals surface area contributed by atoms with Gasteiger partial charge in [-0.3, -0.25) is 14.5 Å². The minimum Gasteiger partial charge on any atom is -0.507 e. The highest BCUT2D eigenvalue weighted by molar-refractivity contribution is 7.17. The number of aliphatic hydroxyl groups excluding tert-OH is 1. The number of esters is 1. The molecule has 0 bridgehead atoms. The Morgan fingerprint density at radius 2 is 1.84 bits per heavy atom. The fraction of sp³-hybridized carbons (Fsp3) is 0.259. The molecule has 1 aliphatic rings. The zero-order chi connectivity index (χ0) is 27.7. The van der Waals surface area contributed by atoms with Gasteiger partial charge in [-0.25, -0.2) is 9.78 Å². The number of phenols is 1. The SMILES string of the molecule is CCOc1cc(C2C(=C(O)c3ccc(OC)c(C)c3)C(=O)C(=O)N2c2nc(C)c(C(=O)OC)s2)ccc1O. The number of anilines is 1. The molecular weight excluding hydrogens is 512 g/mol. The first-order valence-corrected chi connectivity index (χ1v) is 12.4. The van der Waals surface area contributed by atoms with Crippen LogP contribution < -0.4 is 14.4 Å². The summed E-state index contributed by atoms with van der Waals surface area (Å²) in [7, 11) is 2.75. The number of aromatic hydroxyl groups is 1. The number of nitrogens with zero attached hydrogens (tertiary/aromatic N) is 2. The topological polar surface area (TPSA) is 135 Å². The van der Waals surface area contributed by atoms with Crippen LogP contribution in [0.15, 0.2) is 42.0 Å². The molecule has 10 nitrogen and oxygen atoms in total. The van der Waals surface area contributed by atoms with E-state index in [-0.39, 0.29) is 33.7 Å². The lowest BCUT2D eigenvalue weighted by atomic mass is 9.94. The maximum absolute atomic E-state index is 13.4. The quantitative estimate of drug-likeness (QED) is 0.195. The molecule has 1 atom stereocenters. The van der Waals surface area contributed by atoms with E-state index in [9.17, 15) is 24.6 Å². The molecule has 1 fully saturated rings. The van der Waals surface area contributed by atoms with Gasteiger partial charge in [-0.05, 0) is 62.2 Å².